The first-order valence-electron chi connectivity index (χ1n) is 9.17. The Labute approximate surface area is 148 Å². The van der Waals surface area contributed by atoms with E-state index in [1.807, 2.05) is 20.0 Å². The lowest BCUT2D eigenvalue weighted by Gasteiger charge is -2.06. The van der Waals surface area contributed by atoms with Crippen LogP contribution in [0.15, 0.2) is 42.0 Å². The second-order valence-electron chi connectivity index (χ2n) is 6.30. The first kappa shape index (κ1) is 20.2. The van der Waals surface area contributed by atoms with Crippen LogP contribution in [0.5, 0.6) is 0 Å². The first-order chi connectivity index (χ1) is 11.5. The van der Waals surface area contributed by atoms with Crippen LogP contribution in [-0.2, 0) is 13.5 Å². The summed E-state index contributed by atoms with van der Waals surface area (Å²) in [5, 5.41) is 0. The van der Waals surface area contributed by atoms with Crippen molar-refractivity contribution in [2.45, 2.75) is 66.2 Å². The van der Waals surface area contributed by atoms with Gasteiger partial charge in [-0.15, -0.1) is 0 Å². The minimum Gasteiger partial charge on any atom is -0.345 e. The van der Waals surface area contributed by atoms with Crippen LogP contribution in [-0.4, -0.2) is 10.4 Å². The Balaban J connectivity index is 2.61. The van der Waals surface area contributed by atoms with Gasteiger partial charge in [-0.1, -0.05) is 56.2 Å². The van der Waals surface area contributed by atoms with Crippen molar-refractivity contribution in [3.05, 3.63) is 59.0 Å². The van der Waals surface area contributed by atoms with Crippen LogP contribution in [0.25, 0.3) is 0 Å². The topological polar surface area (TPSA) is 22.0 Å². The number of hydrogen-bond donors (Lipinski definition) is 0. The molecular formula is C22H33NO. The van der Waals surface area contributed by atoms with E-state index in [0.717, 1.165) is 43.4 Å². The van der Waals surface area contributed by atoms with Crippen LogP contribution >= 0.6 is 0 Å². The number of carbonyl (C=O) groups is 1. The van der Waals surface area contributed by atoms with Gasteiger partial charge in [0.25, 0.3) is 0 Å². The van der Waals surface area contributed by atoms with Crippen molar-refractivity contribution in [1.82, 2.24) is 4.57 Å². The molecule has 0 N–H and O–H groups in total. The molecule has 0 aromatic carbocycles. The average molecular weight is 328 g/mol. The number of nitrogens with zero attached hydrogens (tertiary/aromatic N) is 1. The van der Waals surface area contributed by atoms with Crippen LogP contribution in [0.2, 0.25) is 0 Å². The molecule has 0 saturated heterocycles. The van der Waals surface area contributed by atoms with Gasteiger partial charge < -0.3 is 4.57 Å². The molecule has 1 aromatic heterocycles. The molecule has 0 fully saturated rings. The molecule has 0 aliphatic rings. The number of carbonyl (C=O) groups excluding carboxylic acids is 1. The van der Waals surface area contributed by atoms with E-state index in [2.05, 4.69) is 55.7 Å². The van der Waals surface area contributed by atoms with Crippen molar-refractivity contribution in [2.75, 3.05) is 0 Å². The number of rotatable bonds is 10. The molecular weight excluding hydrogens is 294 g/mol. The third kappa shape index (κ3) is 5.99. The summed E-state index contributed by atoms with van der Waals surface area (Å²) in [4.78, 5) is 12.5. The lowest BCUT2D eigenvalue weighted by atomic mass is 10.1. The molecule has 0 radical (unpaired) electrons. The van der Waals surface area contributed by atoms with Gasteiger partial charge in [0.05, 0.1) is 5.69 Å². The smallest absolute Gasteiger partial charge is 0.183 e. The molecule has 0 aliphatic carbocycles. The van der Waals surface area contributed by atoms with Gasteiger partial charge in [0.2, 0.25) is 0 Å². The van der Waals surface area contributed by atoms with Crippen molar-refractivity contribution in [2.24, 2.45) is 7.05 Å². The predicted molar refractivity (Wildman–Crippen MR) is 105 cm³/mol. The molecule has 1 aromatic rings. The Hall–Kier alpha value is -1.83. The van der Waals surface area contributed by atoms with E-state index < -0.39 is 0 Å². The highest BCUT2D eigenvalue weighted by Gasteiger charge is 2.14. The third-order valence-corrected chi connectivity index (χ3v) is 4.38. The zero-order chi connectivity index (χ0) is 17.9. The van der Waals surface area contributed by atoms with Crippen LogP contribution < -0.4 is 0 Å². The molecule has 0 saturated carbocycles. The van der Waals surface area contributed by atoms with E-state index in [-0.39, 0.29) is 5.78 Å². The SMILES string of the molecule is CC=CC/C(=C\C/C=C/CC(=O)c1c(C)cc(CCC)n1C)CC. The normalized spacial score (nSPS) is 12.6. The Morgan fingerprint density at radius 1 is 1.17 bits per heavy atom. The van der Waals surface area contributed by atoms with Gasteiger partial charge in [-0.3, -0.25) is 4.79 Å². The van der Waals surface area contributed by atoms with Gasteiger partial charge in [-0.25, -0.2) is 0 Å². The third-order valence-electron chi connectivity index (χ3n) is 4.38. The average Bonchev–Trinajstić information content (AvgIpc) is 2.84. The van der Waals surface area contributed by atoms with Crippen LogP contribution in [0, 0.1) is 6.92 Å². The van der Waals surface area contributed by atoms with Crippen molar-refractivity contribution in [3.8, 4) is 0 Å². The van der Waals surface area contributed by atoms with Crippen molar-refractivity contribution < 1.29 is 4.79 Å². The van der Waals surface area contributed by atoms with Gasteiger partial charge >= 0.3 is 0 Å². The molecule has 0 unspecified atom stereocenters. The van der Waals surface area contributed by atoms with Crippen LogP contribution in [0.1, 0.15) is 74.6 Å². The maximum atomic E-state index is 12.5. The molecule has 0 atom stereocenters. The monoisotopic (exact) mass is 327 g/mol. The molecule has 0 aliphatic heterocycles. The molecule has 2 heteroatoms. The largest absolute Gasteiger partial charge is 0.345 e. The fraction of sp³-hybridized carbons (Fsp3) is 0.500. The Kier molecular flexibility index (Phi) is 9.14. The van der Waals surface area contributed by atoms with Gasteiger partial charge in [0.15, 0.2) is 5.78 Å². The highest BCUT2D eigenvalue weighted by atomic mass is 16.1. The fourth-order valence-electron chi connectivity index (χ4n) is 2.99. The highest BCUT2D eigenvalue weighted by Crippen LogP contribution is 2.17. The van der Waals surface area contributed by atoms with Gasteiger partial charge in [-0.05, 0) is 51.2 Å². The maximum Gasteiger partial charge on any atom is 0.183 e. The second kappa shape index (κ2) is 10.9. The molecule has 1 rings (SSSR count). The minimum atomic E-state index is 0.210. The van der Waals surface area contributed by atoms with Crippen LogP contribution in [0.4, 0.5) is 0 Å². The van der Waals surface area contributed by atoms with Crippen molar-refractivity contribution >= 4 is 5.78 Å². The number of Topliss-reactive ketones (excluding diaryl/α,β-unsaturated/α-hetero) is 1. The number of ketones is 1. The lowest BCUT2D eigenvalue weighted by Crippen LogP contribution is -2.08. The zero-order valence-electron chi connectivity index (χ0n) is 16.1. The molecule has 0 amide bonds. The van der Waals surface area contributed by atoms with E-state index in [0.29, 0.717) is 6.42 Å². The summed E-state index contributed by atoms with van der Waals surface area (Å²) in [5.41, 5.74) is 4.66. The van der Waals surface area contributed by atoms with Gasteiger partial charge in [-0.2, -0.15) is 0 Å². The standard InChI is InChI=1S/C22H33NO/c1-6-9-14-19(8-3)15-11-10-12-16-21(24)22-18(4)17-20(13-7-2)23(22)5/h6,9-10,12,15,17H,7-8,11,13-14,16H2,1-5H3/b9-6?,12-10+,19-15-. The zero-order valence-corrected chi connectivity index (χ0v) is 16.1. The Morgan fingerprint density at radius 2 is 1.92 bits per heavy atom. The minimum absolute atomic E-state index is 0.210. The van der Waals surface area contributed by atoms with Crippen molar-refractivity contribution in [3.63, 3.8) is 0 Å². The predicted octanol–water partition coefficient (Wildman–Crippen LogP) is 6.11. The summed E-state index contributed by atoms with van der Waals surface area (Å²) in [7, 11) is 2.01. The van der Waals surface area contributed by atoms with E-state index in [1.165, 1.54) is 11.3 Å². The lowest BCUT2D eigenvalue weighted by molar-refractivity contribution is 0.0987. The van der Waals surface area contributed by atoms with Gasteiger partial charge in [0, 0.05) is 19.2 Å². The molecule has 24 heavy (non-hydrogen) atoms. The molecule has 2 nitrogen and oxygen atoms in total. The molecule has 1 heterocycles. The van der Waals surface area contributed by atoms with Crippen molar-refractivity contribution in [1.29, 1.82) is 0 Å². The fourth-order valence-corrected chi connectivity index (χ4v) is 2.99. The Bertz CT molecular complexity index is 614. The first-order valence-corrected chi connectivity index (χ1v) is 9.17. The summed E-state index contributed by atoms with van der Waals surface area (Å²) in [6, 6.07) is 2.15. The van der Waals surface area contributed by atoms with E-state index in [9.17, 15) is 4.79 Å². The quantitative estimate of drug-likeness (QED) is 0.375. The van der Waals surface area contributed by atoms with E-state index in [1.54, 1.807) is 0 Å². The summed E-state index contributed by atoms with van der Waals surface area (Å²) in [6.45, 7) is 8.44. The van der Waals surface area contributed by atoms with E-state index >= 15 is 0 Å². The number of aryl methyl sites for hydroxylation is 2. The summed E-state index contributed by atoms with van der Waals surface area (Å²) >= 11 is 0. The molecule has 132 valence electrons. The molecule has 0 spiro atoms. The second-order valence-corrected chi connectivity index (χ2v) is 6.30. The summed E-state index contributed by atoms with van der Waals surface area (Å²) < 4.78 is 2.07. The molecule has 0 bridgehead atoms. The number of hydrogen-bond acceptors (Lipinski definition) is 1. The summed E-state index contributed by atoms with van der Waals surface area (Å²) in [5.74, 6) is 0.210. The summed E-state index contributed by atoms with van der Waals surface area (Å²) in [6.07, 6.45) is 16.3. The van der Waals surface area contributed by atoms with Gasteiger partial charge in [0.1, 0.15) is 0 Å². The van der Waals surface area contributed by atoms with E-state index in [4.69, 9.17) is 0 Å². The maximum absolute atomic E-state index is 12.5. The Morgan fingerprint density at radius 3 is 2.54 bits per heavy atom. The number of aromatic nitrogens is 1. The number of allylic oxidation sites excluding steroid dienone is 6. The van der Waals surface area contributed by atoms with Crippen LogP contribution in [0.3, 0.4) is 0 Å². The highest BCUT2D eigenvalue weighted by molar-refractivity contribution is 5.97.